The van der Waals surface area contributed by atoms with Crippen LogP contribution in [0.5, 0.6) is 0 Å². The van der Waals surface area contributed by atoms with Crippen molar-refractivity contribution in [3.05, 3.63) is 50.9 Å². The molecule has 0 radical (unpaired) electrons. The van der Waals surface area contributed by atoms with Crippen LogP contribution in [0.4, 0.5) is 0 Å². The number of likely N-dealkylation sites (tertiary alicyclic amines) is 1. The summed E-state index contributed by atoms with van der Waals surface area (Å²) < 4.78 is 0. The number of hydrogen-bond acceptors (Lipinski definition) is 4. The Morgan fingerprint density at radius 1 is 1.41 bits per heavy atom. The molecule has 1 aliphatic rings. The highest BCUT2D eigenvalue weighted by Crippen LogP contribution is 2.22. The molecule has 2 heterocycles. The van der Waals surface area contributed by atoms with Crippen molar-refractivity contribution in [1.29, 1.82) is 0 Å². The van der Waals surface area contributed by atoms with Crippen molar-refractivity contribution in [2.24, 2.45) is 0 Å². The van der Waals surface area contributed by atoms with Gasteiger partial charge < -0.3 is 5.11 Å². The van der Waals surface area contributed by atoms with Crippen LogP contribution < -0.4 is 0 Å². The molecule has 0 amide bonds. The van der Waals surface area contributed by atoms with Crippen molar-refractivity contribution in [2.75, 3.05) is 6.54 Å². The molecule has 4 nitrogen and oxygen atoms in total. The average molecular weight is 337 g/mol. The van der Waals surface area contributed by atoms with E-state index in [1.54, 1.807) is 11.3 Å². The second-order valence-electron chi connectivity index (χ2n) is 5.50. The first kappa shape index (κ1) is 15.5. The van der Waals surface area contributed by atoms with Crippen molar-refractivity contribution < 1.29 is 9.90 Å². The predicted molar refractivity (Wildman–Crippen MR) is 87.4 cm³/mol. The molecule has 1 fully saturated rings. The number of nitrogens with zero attached hydrogens (tertiary/aromatic N) is 2. The molecule has 1 aliphatic heterocycles. The Bertz CT molecular complexity index is 656. The van der Waals surface area contributed by atoms with Gasteiger partial charge in [0.15, 0.2) is 0 Å². The zero-order valence-electron chi connectivity index (χ0n) is 12.0. The number of benzene rings is 1. The largest absolute Gasteiger partial charge is 0.480 e. The molecular formula is C16H17ClN2O2S. The van der Waals surface area contributed by atoms with Crippen LogP contribution in [0.3, 0.4) is 0 Å². The monoisotopic (exact) mass is 336 g/mol. The Kier molecular flexibility index (Phi) is 4.76. The van der Waals surface area contributed by atoms with E-state index < -0.39 is 5.97 Å². The number of thiazole rings is 1. The zero-order valence-corrected chi connectivity index (χ0v) is 13.6. The summed E-state index contributed by atoms with van der Waals surface area (Å²) in [4.78, 5) is 17.8. The SMILES string of the molecule is O=C(O)[C@H]1CCCN1Cc1csc(Cc2ccc(Cl)cc2)n1. The molecule has 22 heavy (non-hydrogen) atoms. The van der Waals surface area contributed by atoms with Gasteiger partial charge in [0.05, 0.1) is 10.7 Å². The first-order chi connectivity index (χ1) is 10.6. The highest BCUT2D eigenvalue weighted by Gasteiger charge is 2.30. The smallest absolute Gasteiger partial charge is 0.320 e. The average Bonchev–Trinajstić information content (AvgIpc) is 3.11. The van der Waals surface area contributed by atoms with Crippen LogP contribution in [0.25, 0.3) is 0 Å². The van der Waals surface area contributed by atoms with E-state index in [0.717, 1.165) is 41.5 Å². The number of hydrogen-bond donors (Lipinski definition) is 1. The third-order valence-electron chi connectivity index (χ3n) is 3.88. The maximum Gasteiger partial charge on any atom is 0.320 e. The fraction of sp³-hybridized carbons (Fsp3) is 0.375. The van der Waals surface area contributed by atoms with Crippen LogP contribution in [0.15, 0.2) is 29.6 Å². The van der Waals surface area contributed by atoms with Gasteiger partial charge in [0.2, 0.25) is 0 Å². The molecule has 1 aromatic carbocycles. The highest BCUT2D eigenvalue weighted by atomic mass is 35.5. The summed E-state index contributed by atoms with van der Waals surface area (Å²) in [5.74, 6) is -0.728. The van der Waals surface area contributed by atoms with Crippen LogP contribution in [-0.2, 0) is 17.8 Å². The third-order valence-corrected chi connectivity index (χ3v) is 5.03. The summed E-state index contributed by atoms with van der Waals surface area (Å²) >= 11 is 7.51. The van der Waals surface area contributed by atoms with E-state index in [4.69, 9.17) is 11.6 Å². The molecule has 0 unspecified atom stereocenters. The number of rotatable bonds is 5. The maximum absolute atomic E-state index is 11.2. The Morgan fingerprint density at radius 3 is 2.91 bits per heavy atom. The van der Waals surface area contributed by atoms with Gasteiger partial charge in [0.25, 0.3) is 0 Å². The summed E-state index contributed by atoms with van der Waals surface area (Å²) in [6.45, 7) is 1.45. The lowest BCUT2D eigenvalue weighted by molar-refractivity contribution is -0.142. The van der Waals surface area contributed by atoms with Crippen LogP contribution in [0, 0.1) is 0 Å². The van der Waals surface area contributed by atoms with Crippen molar-refractivity contribution in [1.82, 2.24) is 9.88 Å². The molecule has 0 saturated carbocycles. The van der Waals surface area contributed by atoms with Gasteiger partial charge in [-0.25, -0.2) is 4.98 Å². The molecule has 1 atom stereocenters. The van der Waals surface area contributed by atoms with Crippen LogP contribution >= 0.6 is 22.9 Å². The maximum atomic E-state index is 11.2. The van der Waals surface area contributed by atoms with Crippen LogP contribution in [0.1, 0.15) is 29.1 Å². The molecule has 1 aromatic heterocycles. The Hall–Kier alpha value is -1.43. The lowest BCUT2D eigenvalue weighted by Crippen LogP contribution is -2.35. The van der Waals surface area contributed by atoms with Gasteiger partial charge in [0.1, 0.15) is 6.04 Å². The van der Waals surface area contributed by atoms with E-state index in [2.05, 4.69) is 4.98 Å². The molecule has 116 valence electrons. The summed E-state index contributed by atoms with van der Waals surface area (Å²) in [5, 5.41) is 13.0. The van der Waals surface area contributed by atoms with E-state index in [1.807, 2.05) is 34.5 Å². The van der Waals surface area contributed by atoms with Crippen molar-refractivity contribution >= 4 is 28.9 Å². The standard InChI is InChI=1S/C16H17ClN2O2S/c17-12-5-3-11(4-6-12)8-15-18-13(10-22-15)9-19-7-1-2-14(19)16(20)21/h3-6,10,14H,1-2,7-9H2,(H,20,21)/t14-/m1/s1. The van der Waals surface area contributed by atoms with Gasteiger partial charge in [-0.1, -0.05) is 23.7 Å². The van der Waals surface area contributed by atoms with E-state index in [-0.39, 0.29) is 6.04 Å². The van der Waals surface area contributed by atoms with Gasteiger partial charge in [-0.2, -0.15) is 0 Å². The number of halogens is 1. The predicted octanol–water partition coefficient (Wildman–Crippen LogP) is 3.44. The fourth-order valence-electron chi connectivity index (χ4n) is 2.78. The van der Waals surface area contributed by atoms with Gasteiger partial charge in [-0.05, 0) is 37.1 Å². The Labute approximate surface area is 138 Å². The molecule has 1 saturated heterocycles. The highest BCUT2D eigenvalue weighted by molar-refractivity contribution is 7.09. The molecule has 0 bridgehead atoms. The fourth-order valence-corrected chi connectivity index (χ4v) is 3.73. The topological polar surface area (TPSA) is 53.4 Å². The number of carboxylic acids is 1. The molecule has 2 aromatic rings. The number of carbonyl (C=O) groups is 1. The molecule has 6 heteroatoms. The van der Waals surface area contributed by atoms with Crippen LogP contribution in [-0.4, -0.2) is 33.5 Å². The molecule has 1 N–H and O–H groups in total. The van der Waals surface area contributed by atoms with Crippen molar-refractivity contribution in [2.45, 2.75) is 31.8 Å². The van der Waals surface area contributed by atoms with E-state index in [9.17, 15) is 9.90 Å². The van der Waals surface area contributed by atoms with Gasteiger partial charge in [-0.15, -0.1) is 11.3 Å². The lowest BCUT2D eigenvalue weighted by atomic mass is 10.2. The molecule has 3 rings (SSSR count). The minimum Gasteiger partial charge on any atom is -0.480 e. The number of aliphatic carboxylic acids is 1. The normalized spacial score (nSPS) is 18.7. The lowest BCUT2D eigenvalue weighted by Gasteiger charge is -2.19. The molecule has 0 spiro atoms. The first-order valence-corrected chi connectivity index (χ1v) is 8.52. The van der Waals surface area contributed by atoms with Crippen molar-refractivity contribution in [3.8, 4) is 0 Å². The molecule has 0 aliphatic carbocycles. The summed E-state index contributed by atoms with van der Waals surface area (Å²) in [5.41, 5.74) is 2.14. The summed E-state index contributed by atoms with van der Waals surface area (Å²) in [6.07, 6.45) is 2.46. The Balaban J connectivity index is 1.63. The zero-order chi connectivity index (χ0) is 15.5. The summed E-state index contributed by atoms with van der Waals surface area (Å²) in [7, 11) is 0. The second kappa shape index (κ2) is 6.77. The second-order valence-corrected chi connectivity index (χ2v) is 6.88. The summed E-state index contributed by atoms with van der Waals surface area (Å²) in [6, 6.07) is 7.41. The number of carboxylic acid groups (broad SMARTS) is 1. The van der Waals surface area contributed by atoms with E-state index in [1.165, 1.54) is 5.56 Å². The number of aromatic nitrogens is 1. The van der Waals surface area contributed by atoms with E-state index in [0.29, 0.717) is 6.54 Å². The van der Waals surface area contributed by atoms with Crippen molar-refractivity contribution in [3.63, 3.8) is 0 Å². The minimum absolute atomic E-state index is 0.360. The van der Waals surface area contributed by atoms with Gasteiger partial charge >= 0.3 is 5.97 Å². The van der Waals surface area contributed by atoms with Gasteiger partial charge in [0, 0.05) is 23.4 Å². The minimum atomic E-state index is -0.728. The van der Waals surface area contributed by atoms with Crippen LogP contribution in [0.2, 0.25) is 5.02 Å². The van der Waals surface area contributed by atoms with Gasteiger partial charge in [-0.3, -0.25) is 9.69 Å². The quantitative estimate of drug-likeness (QED) is 0.908. The molecular weight excluding hydrogens is 320 g/mol. The first-order valence-electron chi connectivity index (χ1n) is 7.26. The van der Waals surface area contributed by atoms with E-state index >= 15 is 0 Å². The third kappa shape index (κ3) is 3.66. The Morgan fingerprint density at radius 2 is 2.18 bits per heavy atom.